The molecule has 2 aromatic rings. The molecule has 5 rings (SSSR count). The maximum Gasteiger partial charge on any atom is 0.246 e. The fraction of sp³-hybridized carbons (Fsp3) is 0.462. The lowest BCUT2D eigenvalue weighted by Crippen LogP contribution is -2.50. The van der Waals surface area contributed by atoms with Crippen LogP contribution >= 0.6 is 0 Å². The van der Waals surface area contributed by atoms with Crippen molar-refractivity contribution >= 4 is 17.6 Å². The summed E-state index contributed by atoms with van der Waals surface area (Å²) in [6.07, 6.45) is 2.19. The second-order valence-electron chi connectivity index (χ2n) is 9.02. The Labute approximate surface area is 196 Å². The number of morpholine rings is 1. The van der Waals surface area contributed by atoms with Crippen LogP contribution in [0.3, 0.4) is 0 Å². The number of rotatable bonds is 4. The van der Waals surface area contributed by atoms with Gasteiger partial charge in [0, 0.05) is 45.5 Å². The number of benzene rings is 2. The van der Waals surface area contributed by atoms with E-state index in [1.165, 1.54) is 11.1 Å². The predicted octanol–water partition coefficient (Wildman–Crippen LogP) is 2.13. The molecule has 2 fully saturated rings. The third kappa shape index (κ3) is 4.75. The number of amides is 1. The van der Waals surface area contributed by atoms with Gasteiger partial charge in [-0.25, -0.2) is 0 Å². The Bertz CT molecular complexity index is 995. The number of para-hydroxylation sites is 1. The van der Waals surface area contributed by atoms with Gasteiger partial charge < -0.3 is 19.9 Å². The van der Waals surface area contributed by atoms with E-state index in [2.05, 4.69) is 56.5 Å². The van der Waals surface area contributed by atoms with E-state index in [0.717, 1.165) is 63.8 Å². The number of aryl methyl sites for hydroxylation is 1. The van der Waals surface area contributed by atoms with Crippen molar-refractivity contribution in [3.05, 3.63) is 65.7 Å². The molecule has 3 heterocycles. The molecule has 1 N–H and O–H groups in total. The van der Waals surface area contributed by atoms with Crippen LogP contribution in [0.15, 0.2) is 59.6 Å². The first kappa shape index (κ1) is 21.9. The molecule has 3 aliphatic heterocycles. The third-order valence-electron chi connectivity index (χ3n) is 6.97. The summed E-state index contributed by atoms with van der Waals surface area (Å²) >= 11 is 0. The quantitative estimate of drug-likeness (QED) is 0.575. The summed E-state index contributed by atoms with van der Waals surface area (Å²) in [5.41, 5.74) is 3.62. The molecule has 2 saturated heterocycles. The number of carbonyl (C=O) groups is 1. The highest BCUT2D eigenvalue weighted by Crippen LogP contribution is 2.27. The number of carbonyl (C=O) groups excluding carboxylic acids is 1. The number of aliphatic imine (C=N–C) groups is 1. The minimum atomic E-state index is 0.0851. The summed E-state index contributed by atoms with van der Waals surface area (Å²) in [5, 5.41) is 3.32. The van der Waals surface area contributed by atoms with Crippen molar-refractivity contribution in [2.45, 2.75) is 31.5 Å². The minimum Gasteiger partial charge on any atom is -0.373 e. The van der Waals surface area contributed by atoms with Crippen molar-refractivity contribution in [3.63, 3.8) is 0 Å². The molecule has 0 bridgehead atoms. The number of hydrogen-bond donors (Lipinski definition) is 1. The number of fused-ring (bicyclic) bond motifs is 2. The average molecular weight is 448 g/mol. The van der Waals surface area contributed by atoms with Crippen LogP contribution in [0.2, 0.25) is 0 Å². The predicted molar refractivity (Wildman–Crippen MR) is 130 cm³/mol. The molecular formula is C26H33N5O2. The molecule has 2 atom stereocenters. The number of ether oxygens (including phenoxy) is 1. The van der Waals surface area contributed by atoms with Crippen LogP contribution in [0.25, 0.3) is 0 Å². The minimum absolute atomic E-state index is 0.0851. The number of anilines is 1. The second-order valence-corrected chi connectivity index (χ2v) is 9.02. The number of likely N-dealkylation sites (tertiary alicyclic amines) is 1. The normalized spacial score (nSPS) is 23.2. The molecule has 33 heavy (non-hydrogen) atoms. The van der Waals surface area contributed by atoms with Crippen LogP contribution in [0, 0.1) is 0 Å². The lowest BCUT2D eigenvalue weighted by Gasteiger charge is -2.36. The molecule has 0 spiro atoms. The SMILES string of the molecule is CN=C(NCC(=O)N1CCCc2ccccc21)N1CC2OCCN(Cc3ccccc3)C2C1. The molecule has 0 aromatic heterocycles. The number of nitrogens with one attached hydrogen (secondary N) is 1. The first-order valence-corrected chi connectivity index (χ1v) is 12.0. The fourth-order valence-corrected chi connectivity index (χ4v) is 5.32. The Balaban J connectivity index is 1.20. The van der Waals surface area contributed by atoms with E-state index in [-0.39, 0.29) is 18.6 Å². The molecule has 0 radical (unpaired) electrons. The van der Waals surface area contributed by atoms with E-state index in [4.69, 9.17) is 4.74 Å². The molecule has 7 heteroatoms. The van der Waals surface area contributed by atoms with Crippen molar-refractivity contribution in [2.75, 3.05) is 51.3 Å². The van der Waals surface area contributed by atoms with E-state index < -0.39 is 0 Å². The Kier molecular flexibility index (Phi) is 6.60. The van der Waals surface area contributed by atoms with Gasteiger partial charge in [-0.3, -0.25) is 14.7 Å². The summed E-state index contributed by atoms with van der Waals surface area (Å²) < 4.78 is 6.11. The molecule has 0 saturated carbocycles. The molecule has 3 aliphatic rings. The molecule has 2 aromatic carbocycles. The van der Waals surface area contributed by atoms with Crippen LogP contribution in [0.5, 0.6) is 0 Å². The van der Waals surface area contributed by atoms with Gasteiger partial charge in [0.25, 0.3) is 0 Å². The molecule has 1 amide bonds. The number of hydrogen-bond acceptors (Lipinski definition) is 4. The van der Waals surface area contributed by atoms with Gasteiger partial charge in [-0.05, 0) is 30.0 Å². The Hall–Kier alpha value is -2.90. The standard InChI is InChI=1S/C26H33N5O2/c1-27-26(28-16-25(32)31-13-7-11-21-10-5-6-12-22(21)31)30-18-23-24(19-30)33-15-14-29(23)17-20-8-3-2-4-9-20/h2-6,8-10,12,23-24H,7,11,13-19H2,1H3,(H,27,28). The first-order chi connectivity index (χ1) is 16.2. The monoisotopic (exact) mass is 447 g/mol. The van der Waals surface area contributed by atoms with Gasteiger partial charge in [0.15, 0.2) is 5.96 Å². The molecule has 0 aliphatic carbocycles. The molecule has 2 unspecified atom stereocenters. The lowest BCUT2D eigenvalue weighted by atomic mass is 10.0. The van der Waals surface area contributed by atoms with Crippen molar-refractivity contribution in [1.82, 2.24) is 15.1 Å². The van der Waals surface area contributed by atoms with Gasteiger partial charge in [0.2, 0.25) is 5.91 Å². The van der Waals surface area contributed by atoms with Crippen molar-refractivity contribution < 1.29 is 9.53 Å². The Morgan fingerprint density at radius 1 is 1.09 bits per heavy atom. The summed E-state index contributed by atoms with van der Waals surface area (Å²) in [6.45, 7) is 5.25. The maximum atomic E-state index is 13.1. The molecule has 174 valence electrons. The summed E-state index contributed by atoms with van der Waals surface area (Å²) in [4.78, 5) is 24.2. The fourth-order valence-electron chi connectivity index (χ4n) is 5.32. The highest BCUT2D eigenvalue weighted by Gasteiger charge is 2.41. The van der Waals surface area contributed by atoms with Gasteiger partial charge in [0.1, 0.15) is 0 Å². The summed E-state index contributed by atoms with van der Waals surface area (Å²) in [5.74, 6) is 0.855. The molecular weight excluding hydrogens is 414 g/mol. The Morgan fingerprint density at radius 2 is 1.91 bits per heavy atom. The van der Waals surface area contributed by atoms with Gasteiger partial charge in [0.05, 0.1) is 25.3 Å². The zero-order valence-corrected chi connectivity index (χ0v) is 19.3. The summed E-state index contributed by atoms with van der Waals surface area (Å²) in [6, 6.07) is 19.1. The van der Waals surface area contributed by atoms with Crippen LogP contribution in [0.4, 0.5) is 5.69 Å². The van der Waals surface area contributed by atoms with Crippen LogP contribution in [-0.4, -0.2) is 80.2 Å². The van der Waals surface area contributed by atoms with Gasteiger partial charge >= 0.3 is 0 Å². The summed E-state index contributed by atoms with van der Waals surface area (Å²) in [7, 11) is 1.79. The van der Waals surface area contributed by atoms with E-state index >= 15 is 0 Å². The van der Waals surface area contributed by atoms with E-state index in [1.807, 2.05) is 23.1 Å². The maximum absolute atomic E-state index is 13.1. The van der Waals surface area contributed by atoms with Gasteiger partial charge in [-0.15, -0.1) is 0 Å². The van der Waals surface area contributed by atoms with Crippen LogP contribution in [-0.2, 0) is 22.5 Å². The van der Waals surface area contributed by atoms with E-state index in [1.54, 1.807) is 7.05 Å². The van der Waals surface area contributed by atoms with Crippen LogP contribution < -0.4 is 10.2 Å². The van der Waals surface area contributed by atoms with E-state index in [9.17, 15) is 4.79 Å². The van der Waals surface area contributed by atoms with Crippen molar-refractivity contribution in [3.8, 4) is 0 Å². The smallest absolute Gasteiger partial charge is 0.246 e. The van der Waals surface area contributed by atoms with Gasteiger partial charge in [-0.1, -0.05) is 48.5 Å². The molecule has 7 nitrogen and oxygen atoms in total. The van der Waals surface area contributed by atoms with Crippen LogP contribution in [0.1, 0.15) is 17.5 Å². The lowest BCUT2D eigenvalue weighted by molar-refractivity contribution is -0.117. The Morgan fingerprint density at radius 3 is 2.76 bits per heavy atom. The van der Waals surface area contributed by atoms with Gasteiger partial charge in [-0.2, -0.15) is 0 Å². The zero-order valence-electron chi connectivity index (χ0n) is 19.3. The second kappa shape index (κ2) is 9.93. The zero-order chi connectivity index (χ0) is 22.6. The number of guanidine groups is 1. The highest BCUT2D eigenvalue weighted by molar-refractivity contribution is 5.98. The van der Waals surface area contributed by atoms with Crippen molar-refractivity contribution in [1.29, 1.82) is 0 Å². The van der Waals surface area contributed by atoms with Crippen molar-refractivity contribution in [2.24, 2.45) is 4.99 Å². The highest BCUT2D eigenvalue weighted by atomic mass is 16.5. The average Bonchev–Trinajstić information content (AvgIpc) is 3.30. The van der Waals surface area contributed by atoms with E-state index in [0.29, 0.717) is 6.04 Å². The largest absolute Gasteiger partial charge is 0.373 e. The third-order valence-corrected chi connectivity index (χ3v) is 6.97. The topological polar surface area (TPSA) is 60.4 Å². The first-order valence-electron chi connectivity index (χ1n) is 12.0. The number of nitrogens with zero attached hydrogens (tertiary/aromatic N) is 4.